The highest BCUT2D eigenvalue weighted by atomic mass is 32.2. The fourth-order valence-electron chi connectivity index (χ4n) is 2.39. The quantitative estimate of drug-likeness (QED) is 0.603. The molecule has 138 valence electrons. The molecule has 0 bridgehead atoms. The molecule has 3 aromatic rings. The molecule has 1 heterocycles. The summed E-state index contributed by atoms with van der Waals surface area (Å²) >= 11 is 1.45. The van der Waals surface area contributed by atoms with E-state index in [0.717, 1.165) is 16.6 Å². The zero-order valence-corrected chi connectivity index (χ0v) is 15.6. The highest BCUT2D eigenvalue weighted by molar-refractivity contribution is 7.99. The predicted octanol–water partition coefficient (Wildman–Crippen LogP) is 3.28. The van der Waals surface area contributed by atoms with Gasteiger partial charge in [-0.2, -0.15) is 5.26 Å². The Hall–Kier alpha value is -2.95. The fraction of sp³-hybridized carbons (Fsp3) is 0.200. The second-order valence-electron chi connectivity index (χ2n) is 5.69. The Morgan fingerprint density at radius 2 is 2.04 bits per heavy atom. The van der Waals surface area contributed by atoms with Crippen molar-refractivity contribution in [2.45, 2.75) is 11.3 Å². The largest absolute Gasteiger partial charge is 0.497 e. The molecule has 1 aromatic heterocycles. The molecule has 6 nitrogen and oxygen atoms in total. The molecule has 1 N–H and O–H groups in total. The van der Waals surface area contributed by atoms with E-state index in [4.69, 9.17) is 14.7 Å². The monoisotopic (exact) mass is 381 g/mol. The van der Waals surface area contributed by atoms with Crippen LogP contribution in [0.25, 0.3) is 5.69 Å². The Morgan fingerprint density at radius 1 is 1.22 bits per heavy atom. The zero-order chi connectivity index (χ0) is 19.1. The van der Waals surface area contributed by atoms with Crippen LogP contribution in [0.1, 0.15) is 5.56 Å². The van der Waals surface area contributed by atoms with Crippen molar-refractivity contribution in [1.29, 1.82) is 5.26 Å². The van der Waals surface area contributed by atoms with Gasteiger partial charge in [0.05, 0.1) is 30.5 Å². The van der Waals surface area contributed by atoms with Crippen molar-refractivity contribution in [1.82, 2.24) is 9.55 Å². The van der Waals surface area contributed by atoms with Crippen LogP contribution >= 0.6 is 11.8 Å². The average molecular weight is 381 g/mol. The van der Waals surface area contributed by atoms with Crippen LogP contribution in [0.5, 0.6) is 11.5 Å². The van der Waals surface area contributed by atoms with Crippen LogP contribution in [0, 0.1) is 11.3 Å². The van der Waals surface area contributed by atoms with Crippen LogP contribution in [-0.2, 0) is 0 Å². The molecule has 0 saturated carbocycles. The zero-order valence-electron chi connectivity index (χ0n) is 14.8. The number of aliphatic hydroxyl groups excluding tert-OH is 1. The molecular formula is C20H19N3O3S. The van der Waals surface area contributed by atoms with Crippen LogP contribution in [-0.4, -0.2) is 40.2 Å². The first-order valence-electron chi connectivity index (χ1n) is 8.31. The van der Waals surface area contributed by atoms with Gasteiger partial charge in [-0.1, -0.05) is 17.8 Å². The van der Waals surface area contributed by atoms with Crippen molar-refractivity contribution in [3.8, 4) is 23.3 Å². The Balaban J connectivity index is 1.55. The number of hydrogen-bond donors (Lipinski definition) is 1. The van der Waals surface area contributed by atoms with Gasteiger partial charge in [0.25, 0.3) is 0 Å². The van der Waals surface area contributed by atoms with E-state index in [-0.39, 0.29) is 6.61 Å². The molecule has 0 saturated heterocycles. The number of rotatable bonds is 8. The first kappa shape index (κ1) is 18.8. The number of nitriles is 1. The number of ether oxygens (including phenoxy) is 2. The van der Waals surface area contributed by atoms with E-state index < -0.39 is 6.10 Å². The summed E-state index contributed by atoms with van der Waals surface area (Å²) in [4.78, 5) is 4.36. The van der Waals surface area contributed by atoms with E-state index in [1.54, 1.807) is 37.6 Å². The number of benzene rings is 2. The van der Waals surface area contributed by atoms with Gasteiger partial charge >= 0.3 is 0 Å². The van der Waals surface area contributed by atoms with Crippen molar-refractivity contribution in [2.75, 3.05) is 19.5 Å². The van der Waals surface area contributed by atoms with Crippen LogP contribution in [0.4, 0.5) is 0 Å². The van der Waals surface area contributed by atoms with Gasteiger partial charge in [0.2, 0.25) is 0 Å². The summed E-state index contributed by atoms with van der Waals surface area (Å²) in [5.74, 6) is 1.83. The molecule has 0 aliphatic carbocycles. The van der Waals surface area contributed by atoms with Gasteiger partial charge in [-0.15, -0.1) is 0 Å². The van der Waals surface area contributed by atoms with E-state index in [0.29, 0.717) is 17.1 Å². The topological polar surface area (TPSA) is 80.3 Å². The lowest BCUT2D eigenvalue weighted by molar-refractivity contribution is 0.126. The molecule has 0 aliphatic heterocycles. The molecule has 0 radical (unpaired) electrons. The summed E-state index contributed by atoms with van der Waals surface area (Å²) in [5, 5.41) is 19.8. The van der Waals surface area contributed by atoms with Gasteiger partial charge in [0.1, 0.15) is 18.1 Å². The Labute approximate surface area is 162 Å². The van der Waals surface area contributed by atoms with E-state index in [9.17, 15) is 5.11 Å². The van der Waals surface area contributed by atoms with Crippen molar-refractivity contribution in [3.63, 3.8) is 0 Å². The third-order valence-corrected chi connectivity index (χ3v) is 4.88. The van der Waals surface area contributed by atoms with E-state index in [2.05, 4.69) is 11.1 Å². The first-order chi connectivity index (χ1) is 13.2. The lowest BCUT2D eigenvalue weighted by Gasteiger charge is -2.13. The smallest absolute Gasteiger partial charge is 0.172 e. The number of thioether (sulfide) groups is 1. The normalized spacial score (nSPS) is 11.6. The molecule has 7 heteroatoms. The summed E-state index contributed by atoms with van der Waals surface area (Å²) < 4.78 is 12.8. The molecule has 0 spiro atoms. The van der Waals surface area contributed by atoms with Gasteiger partial charge in [0, 0.05) is 24.2 Å². The van der Waals surface area contributed by atoms with Crippen LogP contribution in [0.15, 0.2) is 66.1 Å². The van der Waals surface area contributed by atoms with Crippen molar-refractivity contribution >= 4 is 11.8 Å². The Kier molecular flexibility index (Phi) is 6.36. The Morgan fingerprint density at radius 3 is 2.78 bits per heavy atom. The van der Waals surface area contributed by atoms with E-state index in [1.165, 1.54) is 11.8 Å². The molecule has 0 aliphatic rings. The molecule has 0 fully saturated rings. The number of aliphatic hydroxyl groups is 1. The minimum absolute atomic E-state index is 0.165. The second kappa shape index (κ2) is 9.12. The third kappa shape index (κ3) is 5.03. The molecule has 0 amide bonds. The summed E-state index contributed by atoms with van der Waals surface area (Å²) in [6.07, 6.45) is 2.94. The van der Waals surface area contributed by atoms with Crippen molar-refractivity contribution in [3.05, 3.63) is 66.5 Å². The minimum atomic E-state index is -0.652. The van der Waals surface area contributed by atoms with Gasteiger partial charge in [-0.25, -0.2) is 4.98 Å². The summed E-state index contributed by atoms with van der Waals surface area (Å²) in [6.45, 7) is 0.165. The van der Waals surface area contributed by atoms with Gasteiger partial charge in [-0.05, 0) is 36.4 Å². The predicted molar refractivity (Wildman–Crippen MR) is 103 cm³/mol. The molecule has 1 atom stereocenters. The van der Waals surface area contributed by atoms with Crippen molar-refractivity contribution in [2.24, 2.45) is 0 Å². The van der Waals surface area contributed by atoms with Crippen LogP contribution in [0.3, 0.4) is 0 Å². The molecular weight excluding hydrogens is 362 g/mol. The molecule has 3 rings (SSSR count). The molecule has 2 aromatic carbocycles. The van der Waals surface area contributed by atoms with Crippen LogP contribution < -0.4 is 9.47 Å². The second-order valence-corrected chi connectivity index (χ2v) is 6.68. The highest BCUT2D eigenvalue weighted by Gasteiger charge is 2.11. The van der Waals surface area contributed by atoms with Crippen molar-refractivity contribution < 1.29 is 14.6 Å². The summed E-state index contributed by atoms with van der Waals surface area (Å²) in [5.41, 5.74) is 1.51. The van der Waals surface area contributed by atoms with Crippen LogP contribution in [0.2, 0.25) is 0 Å². The first-order valence-corrected chi connectivity index (χ1v) is 9.30. The number of methoxy groups -OCH3 is 1. The van der Waals surface area contributed by atoms with Gasteiger partial charge in [0.15, 0.2) is 5.16 Å². The number of imidazole rings is 1. The number of hydrogen-bond acceptors (Lipinski definition) is 6. The number of aromatic nitrogens is 2. The third-order valence-electron chi connectivity index (χ3n) is 3.77. The summed E-state index contributed by atoms with van der Waals surface area (Å²) in [7, 11) is 1.63. The SMILES string of the molecule is COc1cccc(-n2ccnc2SCC(O)COc2ccc(C#N)cc2)c1. The van der Waals surface area contributed by atoms with Gasteiger partial charge < -0.3 is 14.6 Å². The number of nitrogens with zero attached hydrogens (tertiary/aromatic N) is 3. The maximum atomic E-state index is 10.2. The maximum absolute atomic E-state index is 10.2. The van der Waals surface area contributed by atoms with E-state index in [1.807, 2.05) is 35.0 Å². The summed E-state index contributed by atoms with van der Waals surface area (Å²) in [6, 6.07) is 16.6. The molecule has 1 unspecified atom stereocenters. The highest BCUT2D eigenvalue weighted by Crippen LogP contribution is 2.24. The standard InChI is InChI=1S/C20H19N3O3S/c1-25-19-4-2-3-16(11-19)23-10-9-22-20(23)27-14-17(24)13-26-18-7-5-15(12-21)6-8-18/h2-11,17,24H,13-14H2,1H3. The lowest BCUT2D eigenvalue weighted by Crippen LogP contribution is -2.20. The average Bonchev–Trinajstić information content (AvgIpc) is 3.20. The maximum Gasteiger partial charge on any atom is 0.172 e. The van der Waals surface area contributed by atoms with E-state index >= 15 is 0 Å². The fourth-order valence-corrected chi connectivity index (χ4v) is 3.27. The molecule has 27 heavy (non-hydrogen) atoms. The minimum Gasteiger partial charge on any atom is -0.497 e. The lowest BCUT2D eigenvalue weighted by atomic mass is 10.2. The Bertz CT molecular complexity index is 919. The van der Waals surface area contributed by atoms with Gasteiger partial charge in [-0.3, -0.25) is 4.57 Å².